The minimum atomic E-state index is 0.563. The highest BCUT2D eigenvalue weighted by Gasteiger charge is 2.15. The minimum Gasteiger partial charge on any atom is -0.314 e. The Balaban J connectivity index is 2.64. The summed E-state index contributed by atoms with van der Waals surface area (Å²) in [4.78, 5) is 0. The second-order valence-electron chi connectivity index (χ2n) is 4.92. The Morgan fingerprint density at radius 2 is 2.06 bits per heavy atom. The average molecular weight is 316 g/mol. The van der Waals surface area contributed by atoms with Gasteiger partial charge in [-0.2, -0.15) is 5.10 Å². The molecule has 18 heavy (non-hydrogen) atoms. The Labute approximate surface area is 119 Å². The Hall–Kier alpha value is -0.350. The molecule has 0 aromatic carbocycles. The van der Waals surface area contributed by atoms with Crippen LogP contribution >= 0.6 is 15.9 Å². The van der Waals surface area contributed by atoms with Gasteiger partial charge in [0.2, 0.25) is 0 Å². The number of halogens is 1. The quantitative estimate of drug-likeness (QED) is 0.743. The molecule has 0 saturated heterocycles. The summed E-state index contributed by atoms with van der Waals surface area (Å²) in [6.45, 7) is 7.51. The molecule has 3 nitrogen and oxygen atoms in total. The topological polar surface area (TPSA) is 29.9 Å². The van der Waals surface area contributed by atoms with E-state index in [2.05, 4.69) is 40.2 Å². The van der Waals surface area contributed by atoms with E-state index in [1.165, 1.54) is 35.8 Å². The van der Waals surface area contributed by atoms with Gasteiger partial charge in [0.15, 0.2) is 0 Å². The Morgan fingerprint density at radius 3 is 2.56 bits per heavy atom. The Morgan fingerprint density at radius 1 is 1.33 bits per heavy atom. The fourth-order valence-corrected chi connectivity index (χ4v) is 2.84. The zero-order valence-corrected chi connectivity index (χ0v) is 13.7. The van der Waals surface area contributed by atoms with Gasteiger partial charge in [-0.25, -0.2) is 0 Å². The smallest absolute Gasteiger partial charge is 0.0738 e. The van der Waals surface area contributed by atoms with Crippen LogP contribution in [-0.2, 0) is 13.5 Å². The molecule has 1 aromatic heterocycles. The summed E-state index contributed by atoms with van der Waals surface area (Å²) in [5.41, 5.74) is 2.38. The minimum absolute atomic E-state index is 0.563. The van der Waals surface area contributed by atoms with Crippen LogP contribution in [0, 0.1) is 6.92 Å². The van der Waals surface area contributed by atoms with Crippen LogP contribution in [0.1, 0.15) is 50.9 Å². The fraction of sp³-hybridized carbons (Fsp3) is 0.786. The van der Waals surface area contributed by atoms with Gasteiger partial charge in [0.1, 0.15) is 0 Å². The molecular formula is C14H26BrN3. The molecule has 1 unspecified atom stereocenters. The van der Waals surface area contributed by atoms with Crippen molar-refractivity contribution in [3.8, 4) is 0 Å². The first-order valence-corrected chi connectivity index (χ1v) is 7.80. The van der Waals surface area contributed by atoms with E-state index in [1.807, 2.05) is 18.7 Å². The zero-order chi connectivity index (χ0) is 13.5. The third-order valence-corrected chi connectivity index (χ3v) is 4.38. The van der Waals surface area contributed by atoms with Crippen LogP contribution in [0.4, 0.5) is 0 Å². The first kappa shape index (κ1) is 15.7. The van der Waals surface area contributed by atoms with Crippen molar-refractivity contribution in [3.05, 3.63) is 15.9 Å². The summed E-state index contributed by atoms with van der Waals surface area (Å²) in [7, 11) is 2.03. The third kappa shape index (κ3) is 4.39. The van der Waals surface area contributed by atoms with Crippen molar-refractivity contribution in [2.24, 2.45) is 7.05 Å². The van der Waals surface area contributed by atoms with Crippen molar-refractivity contribution in [2.45, 2.75) is 58.9 Å². The first-order chi connectivity index (χ1) is 8.60. The molecule has 1 heterocycles. The third-order valence-electron chi connectivity index (χ3n) is 3.35. The lowest BCUT2D eigenvalue weighted by Gasteiger charge is -2.18. The second-order valence-corrected chi connectivity index (χ2v) is 5.72. The van der Waals surface area contributed by atoms with Gasteiger partial charge in [-0.15, -0.1) is 0 Å². The molecule has 1 atom stereocenters. The molecule has 0 aliphatic heterocycles. The normalized spacial score (nSPS) is 12.9. The lowest BCUT2D eigenvalue weighted by atomic mass is 10.0. The van der Waals surface area contributed by atoms with Crippen molar-refractivity contribution in [1.82, 2.24) is 15.1 Å². The van der Waals surface area contributed by atoms with Crippen LogP contribution in [0.5, 0.6) is 0 Å². The maximum Gasteiger partial charge on any atom is 0.0738 e. The van der Waals surface area contributed by atoms with E-state index >= 15 is 0 Å². The van der Waals surface area contributed by atoms with Gasteiger partial charge in [0, 0.05) is 19.5 Å². The van der Waals surface area contributed by atoms with Crippen LogP contribution in [0.2, 0.25) is 0 Å². The molecule has 0 aliphatic carbocycles. The molecule has 0 fully saturated rings. The highest BCUT2D eigenvalue weighted by Crippen LogP contribution is 2.22. The summed E-state index contributed by atoms with van der Waals surface area (Å²) >= 11 is 3.65. The molecule has 104 valence electrons. The SMILES string of the molecule is CCCCCC(Cc1c(Br)c(C)nn1C)NCC. The molecule has 1 N–H and O–H groups in total. The summed E-state index contributed by atoms with van der Waals surface area (Å²) in [6.07, 6.45) is 6.22. The van der Waals surface area contributed by atoms with Gasteiger partial charge in [-0.1, -0.05) is 33.1 Å². The van der Waals surface area contributed by atoms with E-state index in [0.717, 1.165) is 18.7 Å². The van der Waals surface area contributed by atoms with E-state index in [9.17, 15) is 0 Å². The number of nitrogens with one attached hydrogen (secondary N) is 1. The second kappa shape index (κ2) is 7.95. The van der Waals surface area contributed by atoms with Crippen molar-refractivity contribution in [1.29, 1.82) is 0 Å². The van der Waals surface area contributed by atoms with Gasteiger partial charge < -0.3 is 5.32 Å². The van der Waals surface area contributed by atoms with Crippen LogP contribution in [0.15, 0.2) is 4.47 Å². The highest BCUT2D eigenvalue weighted by molar-refractivity contribution is 9.10. The van der Waals surface area contributed by atoms with E-state index in [-0.39, 0.29) is 0 Å². The van der Waals surface area contributed by atoms with Crippen LogP contribution in [0.3, 0.4) is 0 Å². The molecule has 0 saturated carbocycles. The van der Waals surface area contributed by atoms with Crippen molar-refractivity contribution >= 4 is 15.9 Å². The van der Waals surface area contributed by atoms with E-state index in [4.69, 9.17) is 0 Å². The van der Waals surface area contributed by atoms with Gasteiger partial charge >= 0.3 is 0 Å². The molecular weight excluding hydrogens is 290 g/mol. The number of rotatable bonds is 8. The standard InChI is InChI=1S/C14H26BrN3/c1-5-7-8-9-12(16-6-2)10-13-14(15)11(3)17-18(13)4/h12,16H,5-10H2,1-4H3. The molecule has 0 amide bonds. The Kier molecular flexibility index (Phi) is 6.94. The number of aryl methyl sites for hydroxylation is 2. The van der Waals surface area contributed by atoms with E-state index in [0.29, 0.717) is 6.04 Å². The maximum atomic E-state index is 4.46. The predicted octanol–water partition coefficient (Wildman–Crippen LogP) is 3.59. The number of likely N-dealkylation sites (N-methyl/N-ethyl adjacent to an activating group) is 1. The van der Waals surface area contributed by atoms with Crippen LogP contribution in [0.25, 0.3) is 0 Å². The average Bonchev–Trinajstić information content (AvgIpc) is 2.56. The van der Waals surface area contributed by atoms with Gasteiger partial charge in [0.05, 0.1) is 15.9 Å². The Bertz CT molecular complexity index is 360. The molecule has 0 bridgehead atoms. The number of unbranched alkanes of at least 4 members (excludes halogenated alkanes) is 2. The molecule has 1 rings (SSSR count). The van der Waals surface area contributed by atoms with E-state index in [1.54, 1.807) is 0 Å². The number of hydrogen-bond donors (Lipinski definition) is 1. The number of nitrogens with zero attached hydrogens (tertiary/aromatic N) is 2. The lowest BCUT2D eigenvalue weighted by Crippen LogP contribution is -2.31. The highest BCUT2D eigenvalue weighted by atomic mass is 79.9. The lowest BCUT2D eigenvalue weighted by molar-refractivity contribution is 0.456. The molecule has 4 heteroatoms. The monoisotopic (exact) mass is 315 g/mol. The summed E-state index contributed by atoms with van der Waals surface area (Å²) in [5, 5.41) is 8.05. The fourth-order valence-electron chi connectivity index (χ4n) is 2.34. The first-order valence-electron chi connectivity index (χ1n) is 7.01. The molecule has 0 aliphatic rings. The summed E-state index contributed by atoms with van der Waals surface area (Å²) in [5.74, 6) is 0. The van der Waals surface area contributed by atoms with Gasteiger partial charge in [0.25, 0.3) is 0 Å². The van der Waals surface area contributed by atoms with Gasteiger partial charge in [-0.3, -0.25) is 4.68 Å². The predicted molar refractivity (Wildman–Crippen MR) is 81.0 cm³/mol. The van der Waals surface area contributed by atoms with Crippen LogP contribution < -0.4 is 5.32 Å². The molecule has 0 spiro atoms. The summed E-state index contributed by atoms with van der Waals surface area (Å²) < 4.78 is 3.17. The van der Waals surface area contributed by atoms with Crippen LogP contribution in [-0.4, -0.2) is 22.4 Å². The van der Waals surface area contributed by atoms with Gasteiger partial charge in [-0.05, 0) is 35.8 Å². The number of aromatic nitrogens is 2. The summed E-state index contributed by atoms with van der Waals surface area (Å²) in [6, 6.07) is 0.563. The molecule has 1 aromatic rings. The number of hydrogen-bond acceptors (Lipinski definition) is 2. The van der Waals surface area contributed by atoms with Crippen molar-refractivity contribution < 1.29 is 0 Å². The zero-order valence-electron chi connectivity index (χ0n) is 12.1. The largest absolute Gasteiger partial charge is 0.314 e. The van der Waals surface area contributed by atoms with E-state index < -0.39 is 0 Å². The van der Waals surface area contributed by atoms with Crippen molar-refractivity contribution in [3.63, 3.8) is 0 Å². The maximum absolute atomic E-state index is 4.46. The van der Waals surface area contributed by atoms with Crippen molar-refractivity contribution in [2.75, 3.05) is 6.54 Å². The molecule has 0 radical (unpaired) electrons.